The lowest BCUT2D eigenvalue weighted by Crippen LogP contribution is -2.46. The number of carboxylic acid groups (broad SMARTS) is 1. The molecular weight excluding hydrogens is 394 g/mol. The molecule has 1 atom stereocenters. The monoisotopic (exact) mass is 405 g/mol. The summed E-state index contributed by atoms with van der Waals surface area (Å²) in [5, 5.41) is 8.79. The molecule has 20 heavy (non-hydrogen) atoms. The summed E-state index contributed by atoms with van der Waals surface area (Å²) in [7, 11) is 0. The highest BCUT2D eigenvalue weighted by molar-refractivity contribution is 9.11. The highest BCUT2D eigenvalue weighted by atomic mass is 79.9. The van der Waals surface area contributed by atoms with Crippen LogP contribution in [0.3, 0.4) is 0 Å². The summed E-state index contributed by atoms with van der Waals surface area (Å²) in [4.78, 5) is 24.8. The Labute approximate surface area is 133 Å². The second-order valence-corrected chi connectivity index (χ2v) is 6.24. The number of aliphatic carboxylic acids is 1. The zero-order valence-electron chi connectivity index (χ0n) is 10.5. The van der Waals surface area contributed by atoms with Gasteiger partial charge in [-0.15, -0.1) is 0 Å². The Hall–Kier alpha value is -0.920. The van der Waals surface area contributed by atoms with Gasteiger partial charge in [-0.2, -0.15) is 0 Å². The average molecular weight is 407 g/mol. The number of morpholine rings is 1. The zero-order valence-corrected chi connectivity index (χ0v) is 13.7. The number of hydrogen-bond acceptors (Lipinski definition) is 3. The highest BCUT2D eigenvalue weighted by Crippen LogP contribution is 2.24. The molecule has 0 spiro atoms. The number of benzene rings is 1. The lowest BCUT2D eigenvalue weighted by molar-refractivity contribution is -0.141. The van der Waals surface area contributed by atoms with Crippen molar-refractivity contribution < 1.29 is 19.4 Å². The van der Waals surface area contributed by atoms with Crippen molar-refractivity contribution in [2.24, 2.45) is 0 Å². The predicted octanol–water partition coefficient (Wildman–Crippen LogP) is 2.53. The molecule has 1 aliphatic heterocycles. The maximum absolute atomic E-state index is 12.5. The molecule has 1 saturated heterocycles. The Morgan fingerprint density at radius 1 is 1.40 bits per heavy atom. The molecule has 1 amide bonds. The summed E-state index contributed by atoms with van der Waals surface area (Å²) in [5.41, 5.74) is 0.551. The molecule has 0 saturated carbocycles. The number of carboxylic acids is 1. The number of carbonyl (C=O) groups excluding carboxylic acids is 1. The van der Waals surface area contributed by atoms with Crippen LogP contribution in [0, 0.1) is 0 Å². The highest BCUT2D eigenvalue weighted by Gasteiger charge is 2.27. The van der Waals surface area contributed by atoms with E-state index in [1.165, 1.54) is 0 Å². The van der Waals surface area contributed by atoms with E-state index in [-0.39, 0.29) is 12.3 Å². The minimum atomic E-state index is -0.923. The molecule has 0 aliphatic carbocycles. The van der Waals surface area contributed by atoms with Gasteiger partial charge in [0.05, 0.1) is 24.7 Å². The van der Waals surface area contributed by atoms with Crippen molar-refractivity contribution in [3.05, 3.63) is 32.7 Å². The zero-order chi connectivity index (χ0) is 14.7. The van der Waals surface area contributed by atoms with Crippen LogP contribution in [0.25, 0.3) is 0 Å². The third-order valence-electron chi connectivity index (χ3n) is 2.99. The van der Waals surface area contributed by atoms with Crippen molar-refractivity contribution in [3.63, 3.8) is 0 Å². The molecule has 108 valence electrons. The van der Waals surface area contributed by atoms with Crippen LogP contribution in [-0.4, -0.2) is 47.7 Å². The molecule has 5 nitrogen and oxygen atoms in total. The topological polar surface area (TPSA) is 66.8 Å². The second kappa shape index (κ2) is 6.69. The smallest absolute Gasteiger partial charge is 0.306 e. The van der Waals surface area contributed by atoms with Crippen LogP contribution in [0.1, 0.15) is 16.8 Å². The van der Waals surface area contributed by atoms with E-state index in [1.54, 1.807) is 17.0 Å². The van der Waals surface area contributed by atoms with Crippen LogP contribution >= 0.6 is 31.9 Å². The number of rotatable bonds is 3. The molecule has 2 rings (SSSR count). The minimum Gasteiger partial charge on any atom is -0.481 e. The average Bonchev–Trinajstić information content (AvgIpc) is 2.40. The first-order valence-corrected chi connectivity index (χ1v) is 7.63. The molecule has 0 radical (unpaired) electrons. The second-order valence-electron chi connectivity index (χ2n) is 4.47. The van der Waals surface area contributed by atoms with Gasteiger partial charge in [0.1, 0.15) is 0 Å². The summed E-state index contributed by atoms with van der Waals surface area (Å²) >= 11 is 6.70. The van der Waals surface area contributed by atoms with E-state index in [4.69, 9.17) is 9.84 Å². The summed E-state index contributed by atoms with van der Waals surface area (Å²) < 4.78 is 6.90. The summed E-state index contributed by atoms with van der Waals surface area (Å²) in [5.74, 6) is -1.05. The predicted molar refractivity (Wildman–Crippen MR) is 79.7 cm³/mol. The number of halogens is 2. The fourth-order valence-electron chi connectivity index (χ4n) is 2.05. The summed E-state index contributed by atoms with van der Waals surface area (Å²) in [6.07, 6.45) is -0.542. The quantitative estimate of drug-likeness (QED) is 0.837. The van der Waals surface area contributed by atoms with Crippen molar-refractivity contribution in [1.29, 1.82) is 0 Å². The van der Waals surface area contributed by atoms with Gasteiger partial charge in [-0.25, -0.2) is 0 Å². The number of nitrogens with zero attached hydrogens (tertiary/aromatic N) is 1. The van der Waals surface area contributed by atoms with Crippen LogP contribution < -0.4 is 0 Å². The van der Waals surface area contributed by atoms with E-state index in [1.807, 2.05) is 6.07 Å². The van der Waals surface area contributed by atoms with Crippen LogP contribution in [0.5, 0.6) is 0 Å². The van der Waals surface area contributed by atoms with Gasteiger partial charge >= 0.3 is 5.97 Å². The third kappa shape index (κ3) is 3.80. The molecule has 1 unspecified atom stereocenters. The molecule has 1 N–H and O–H groups in total. The Bertz CT molecular complexity index is 535. The fourth-order valence-corrected chi connectivity index (χ4v) is 2.83. The number of ether oxygens (including phenoxy) is 1. The molecule has 7 heteroatoms. The fraction of sp³-hybridized carbons (Fsp3) is 0.385. The van der Waals surface area contributed by atoms with Crippen LogP contribution in [0.2, 0.25) is 0 Å². The largest absolute Gasteiger partial charge is 0.481 e. The maximum atomic E-state index is 12.5. The number of carbonyl (C=O) groups is 2. The van der Waals surface area contributed by atoms with E-state index in [0.29, 0.717) is 29.7 Å². The molecule has 1 aliphatic rings. The van der Waals surface area contributed by atoms with Gasteiger partial charge in [0.15, 0.2) is 0 Å². The van der Waals surface area contributed by atoms with E-state index < -0.39 is 12.1 Å². The Balaban J connectivity index is 2.12. The SMILES string of the molecule is O=C(O)CC1CN(C(=O)c2cc(Br)ccc2Br)CCO1. The van der Waals surface area contributed by atoms with E-state index in [9.17, 15) is 9.59 Å². The van der Waals surface area contributed by atoms with Crippen molar-refractivity contribution in [3.8, 4) is 0 Å². The summed E-state index contributed by atoms with van der Waals surface area (Å²) in [6, 6.07) is 5.38. The van der Waals surface area contributed by atoms with Crippen LogP contribution in [0.15, 0.2) is 27.1 Å². The third-order valence-corrected chi connectivity index (χ3v) is 4.17. The van der Waals surface area contributed by atoms with Gasteiger partial charge in [-0.05, 0) is 34.1 Å². The van der Waals surface area contributed by atoms with Gasteiger partial charge in [0, 0.05) is 22.0 Å². The molecule has 1 fully saturated rings. The Kier molecular flexibility index (Phi) is 5.17. The van der Waals surface area contributed by atoms with Crippen LogP contribution in [0.4, 0.5) is 0 Å². The lowest BCUT2D eigenvalue weighted by atomic mass is 10.1. The van der Waals surface area contributed by atoms with Gasteiger partial charge in [-0.1, -0.05) is 15.9 Å². The first-order chi connectivity index (χ1) is 9.47. The van der Waals surface area contributed by atoms with Crippen molar-refractivity contribution in [2.45, 2.75) is 12.5 Å². The molecule has 1 aromatic rings. The van der Waals surface area contributed by atoms with Gasteiger partial charge in [-0.3, -0.25) is 9.59 Å². The number of amides is 1. The first kappa shape index (κ1) is 15.5. The minimum absolute atomic E-state index is 0.0938. The van der Waals surface area contributed by atoms with Crippen LogP contribution in [-0.2, 0) is 9.53 Å². The standard InChI is InChI=1S/C13H13Br2NO4/c14-8-1-2-11(15)10(5-8)13(19)16-3-4-20-9(7-16)6-12(17)18/h1-2,5,9H,3-4,6-7H2,(H,17,18). The normalized spacial score (nSPS) is 18.9. The number of hydrogen-bond donors (Lipinski definition) is 1. The Morgan fingerprint density at radius 2 is 2.15 bits per heavy atom. The Morgan fingerprint density at radius 3 is 2.85 bits per heavy atom. The molecule has 1 heterocycles. The van der Waals surface area contributed by atoms with Crippen molar-refractivity contribution >= 4 is 43.7 Å². The van der Waals surface area contributed by atoms with E-state index >= 15 is 0 Å². The first-order valence-electron chi connectivity index (χ1n) is 6.05. The van der Waals surface area contributed by atoms with E-state index in [2.05, 4.69) is 31.9 Å². The lowest BCUT2D eigenvalue weighted by Gasteiger charge is -2.32. The van der Waals surface area contributed by atoms with E-state index in [0.717, 1.165) is 4.47 Å². The van der Waals surface area contributed by atoms with Gasteiger partial charge < -0.3 is 14.7 Å². The molecule has 0 bridgehead atoms. The molecule has 1 aromatic carbocycles. The van der Waals surface area contributed by atoms with Gasteiger partial charge in [0.25, 0.3) is 5.91 Å². The molecular formula is C13H13Br2NO4. The van der Waals surface area contributed by atoms with Gasteiger partial charge in [0.2, 0.25) is 0 Å². The summed E-state index contributed by atoms with van der Waals surface area (Å²) in [6.45, 7) is 1.12. The molecule has 0 aromatic heterocycles. The maximum Gasteiger partial charge on any atom is 0.306 e. The van der Waals surface area contributed by atoms with Crippen molar-refractivity contribution in [1.82, 2.24) is 4.90 Å². The van der Waals surface area contributed by atoms with Crippen molar-refractivity contribution in [2.75, 3.05) is 19.7 Å².